The van der Waals surface area contributed by atoms with Crippen LogP contribution in [0.5, 0.6) is 11.5 Å². The molecule has 1 amide bonds. The summed E-state index contributed by atoms with van der Waals surface area (Å²) < 4.78 is 48.0. The molecule has 200 valence electrons. The molecule has 0 N–H and O–H groups in total. The number of benzene rings is 3. The van der Waals surface area contributed by atoms with Gasteiger partial charge < -0.3 is 14.4 Å². The fourth-order valence-corrected chi connectivity index (χ4v) is 4.72. The molecular weight excluding hydrogens is 511 g/mol. The maximum Gasteiger partial charge on any atom is 0.573 e. The van der Waals surface area contributed by atoms with E-state index in [2.05, 4.69) is 4.74 Å². The van der Waals surface area contributed by atoms with Gasteiger partial charge in [-0.15, -0.1) is 13.2 Å². The summed E-state index contributed by atoms with van der Waals surface area (Å²) in [6.45, 7) is 2.06. The van der Waals surface area contributed by atoms with E-state index in [1.807, 2.05) is 60.7 Å². The number of carbonyl (C=O) groups is 1. The molecule has 39 heavy (non-hydrogen) atoms. The Labute approximate surface area is 222 Å². The fraction of sp³-hybridized carbons (Fsp3) is 0.207. The third-order valence-corrected chi connectivity index (χ3v) is 6.45. The number of aromatic nitrogens is 2. The molecular formula is C29H24F3N3O4. The summed E-state index contributed by atoms with van der Waals surface area (Å²) in [6, 6.07) is 23.6. The molecule has 0 radical (unpaired) electrons. The SMILES string of the molecule is Cc1nc2c(c(=O)n1C(c1ccccc1)c1ccccc1)CCN(C(=O)Oc1ccc(OC(F)(F)F)cc1)C2. The predicted octanol–water partition coefficient (Wildman–Crippen LogP) is 5.65. The molecule has 4 aromatic rings. The lowest BCUT2D eigenvalue weighted by atomic mass is 9.97. The van der Waals surface area contributed by atoms with Crippen molar-refractivity contribution in [1.29, 1.82) is 0 Å². The number of amides is 1. The Balaban J connectivity index is 1.39. The highest BCUT2D eigenvalue weighted by atomic mass is 19.4. The minimum Gasteiger partial charge on any atom is -0.410 e. The minimum absolute atomic E-state index is 0.0634. The number of alkyl halides is 3. The number of hydrogen-bond acceptors (Lipinski definition) is 5. The Hall–Kier alpha value is -4.60. The van der Waals surface area contributed by atoms with Gasteiger partial charge in [0, 0.05) is 12.1 Å². The lowest BCUT2D eigenvalue weighted by Gasteiger charge is -2.30. The van der Waals surface area contributed by atoms with Gasteiger partial charge in [-0.1, -0.05) is 60.7 Å². The first kappa shape index (κ1) is 26.0. The second-order valence-electron chi connectivity index (χ2n) is 9.04. The number of halogens is 3. The van der Waals surface area contributed by atoms with Crippen LogP contribution in [0.1, 0.15) is 34.3 Å². The Morgan fingerprint density at radius 3 is 2.03 bits per heavy atom. The van der Waals surface area contributed by atoms with E-state index >= 15 is 0 Å². The molecule has 1 aliphatic heterocycles. The highest BCUT2D eigenvalue weighted by molar-refractivity contribution is 5.71. The average Bonchev–Trinajstić information content (AvgIpc) is 2.92. The Bertz CT molecular complexity index is 1480. The lowest BCUT2D eigenvalue weighted by molar-refractivity contribution is -0.274. The quantitative estimate of drug-likeness (QED) is 0.331. The molecule has 0 saturated heterocycles. The molecule has 1 aromatic heterocycles. The zero-order valence-corrected chi connectivity index (χ0v) is 20.9. The normalized spacial score (nSPS) is 13.2. The number of ether oxygens (including phenoxy) is 2. The molecule has 7 nitrogen and oxygen atoms in total. The molecule has 1 aliphatic rings. The van der Waals surface area contributed by atoms with Crippen LogP contribution in [-0.2, 0) is 13.0 Å². The average molecular weight is 536 g/mol. The van der Waals surface area contributed by atoms with E-state index in [1.54, 1.807) is 11.5 Å². The predicted molar refractivity (Wildman–Crippen MR) is 137 cm³/mol. The first-order chi connectivity index (χ1) is 18.7. The zero-order chi connectivity index (χ0) is 27.6. The van der Waals surface area contributed by atoms with E-state index in [1.165, 1.54) is 17.0 Å². The Morgan fingerprint density at radius 2 is 1.46 bits per heavy atom. The van der Waals surface area contributed by atoms with E-state index in [9.17, 15) is 22.8 Å². The first-order valence-corrected chi connectivity index (χ1v) is 12.2. The van der Waals surface area contributed by atoms with Crippen molar-refractivity contribution in [2.24, 2.45) is 0 Å². The van der Waals surface area contributed by atoms with Crippen LogP contribution in [0.3, 0.4) is 0 Å². The summed E-state index contributed by atoms with van der Waals surface area (Å²) in [5.41, 5.74) is 2.76. The molecule has 0 unspecified atom stereocenters. The molecule has 5 rings (SSSR count). The van der Waals surface area contributed by atoms with Crippen molar-refractivity contribution in [2.45, 2.75) is 32.3 Å². The van der Waals surface area contributed by atoms with Crippen molar-refractivity contribution < 1.29 is 27.4 Å². The van der Waals surface area contributed by atoms with Crippen molar-refractivity contribution in [3.63, 3.8) is 0 Å². The molecule has 2 heterocycles. The van der Waals surface area contributed by atoms with Crippen LogP contribution < -0.4 is 15.0 Å². The number of nitrogens with zero attached hydrogens (tertiary/aromatic N) is 3. The zero-order valence-electron chi connectivity index (χ0n) is 20.9. The van der Waals surface area contributed by atoms with E-state index in [4.69, 9.17) is 9.72 Å². The van der Waals surface area contributed by atoms with Crippen molar-refractivity contribution >= 4 is 6.09 Å². The highest BCUT2D eigenvalue weighted by Crippen LogP contribution is 2.28. The molecule has 0 saturated carbocycles. The van der Waals surface area contributed by atoms with Gasteiger partial charge in [-0.25, -0.2) is 9.78 Å². The fourth-order valence-electron chi connectivity index (χ4n) is 4.72. The van der Waals surface area contributed by atoms with E-state index < -0.39 is 18.2 Å². The summed E-state index contributed by atoms with van der Waals surface area (Å²) in [4.78, 5) is 32.7. The second-order valence-corrected chi connectivity index (χ2v) is 9.04. The number of rotatable bonds is 5. The molecule has 0 spiro atoms. The summed E-state index contributed by atoms with van der Waals surface area (Å²) in [5.74, 6) is 0.148. The van der Waals surface area contributed by atoms with Crippen LogP contribution in [0.15, 0.2) is 89.7 Å². The van der Waals surface area contributed by atoms with Crippen LogP contribution in [-0.4, -0.2) is 33.5 Å². The second kappa shape index (κ2) is 10.6. The molecule has 0 fully saturated rings. The van der Waals surface area contributed by atoms with Crippen molar-refractivity contribution in [2.75, 3.05) is 6.54 Å². The van der Waals surface area contributed by atoms with Gasteiger partial charge in [0.05, 0.1) is 18.3 Å². The van der Waals surface area contributed by atoms with Crippen LogP contribution in [0.4, 0.5) is 18.0 Å². The summed E-state index contributed by atoms with van der Waals surface area (Å²) in [6.07, 6.45) is -5.23. The topological polar surface area (TPSA) is 73.7 Å². The Kier molecular flexibility index (Phi) is 7.10. The van der Waals surface area contributed by atoms with Gasteiger partial charge >= 0.3 is 12.5 Å². The van der Waals surface area contributed by atoms with Gasteiger partial charge in [-0.05, 0) is 48.7 Å². The first-order valence-electron chi connectivity index (χ1n) is 12.2. The summed E-state index contributed by atoms with van der Waals surface area (Å²) in [5, 5.41) is 0. The molecule has 3 aromatic carbocycles. The summed E-state index contributed by atoms with van der Waals surface area (Å²) >= 11 is 0. The number of fused-ring (bicyclic) bond motifs is 1. The minimum atomic E-state index is -4.81. The standard InChI is InChI=1S/C29H24F3N3O4/c1-19-33-25-18-34(28(37)38-22-12-14-23(15-13-22)39-29(30,31)32)17-16-24(25)27(36)35(19)26(20-8-4-2-5-9-20)21-10-6-3-7-11-21/h2-15,26H,16-18H2,1H3. The molecule has 0 aliphatic carbocycles. The Morgan fingerprint density at radius 1 is 0.897 bits per heavy atom. The molecule has 0 bridgehead atoms. The number of hydrogen-bond donors (Lipinski definition) is 0. The maximum absolute atomic E-state index is 13.8. The maximum atomic E-state index is 13.8. The van der Waals surface area contributed by atoms with Gasteiger partial charge in [0.25, 0.3) is 5.56 Å². The van der Waals surface area contributed by atoms with Gasteiger partial charge in [-0.2, -0.15) is 0 Å². The van der Waals surface area contributed by atoms with Gasteiger partial charge in [0.1, 0.15) is 17.3 Å². The van der Waals surface area contributed by atoms with Gasteiger partial charge in [-0.3, -0.25) is 9.36 Å². The van der Waals surface area contributed by atoms with Crippen LogP contribution in [0.25, 0.3) is 0 Å². The van der Waals surface area contributed by atoms with Crippen molar-refractivity contribution in [3.8, 4) is 11.5 Å². The van der Waals surface area contributed by atoms with Crippen LogP contribution >= 0.6 is 0 Å². The highest BCUT2D eigenvalue weighted by Gasteiger charge is 2.31. The van der Waals surface area contributed by atoms with E-state index in [0.717, 1.165) is 23.3 Å². The van der Waals surface area contributed by atoms with Crippen molar-refractivity contribution in [1.82, 2.24) is 14.5 Å². The largest absolute Gasteiger partial charge is 0.573 e. The van der Waals surface area contributed by atoms with Crippen molar-refractivity contribution in [3.05, 3.63) is 123 Å². The van der Waals surface area contributed by atoms with Crippen LogP contribution in [0.2, 0.25) is 0 Å². The van der Waals surface area contributed by atoms with Gasteiger partial charge in [0.2, 0.25) is 0 Å². The van der Waals surface area contributed by atoms with E-state index in [-0.39, 0.29) is 36.9 Å². The monoisotopic (exact) mass is 535 g/mol. The lowest BCUT2D eigenvalue weighted by Crippen LogP contribution is -2.43. The van der Waals surface area contributed by atoms with E-state index in [0.29, 0.717) is 17.1 Å². The number of carbonyl (C=O) groups excluding carboxylic acids is 1. The summed E-state index contributed by atoms with van der Waals surface area (Å²) in [7, 11) is 0. The molecule has 0 atom stereocenters. The molecule has 10 heteroatoms. The third kappa shape index (κ3) is 5.79. The number of aryl methyl sites for hydroxylation is 1. The van der Waals surface area contributed by atoms with Gasteiger partial charge in [0.15, 0.2) is 0 Å². The van der Waals surface area contributed by atoms with Crippen LogP contribution in [0, 0.1) is 6.92 Å². The third-order valence-electron chi connectivity index (χ3n) is 6.45. The smallest absolute Gasteiger partial charge is 0.410 e.